The Morgan fingerprint density at radius 3 is 3.00 bits per heavy atom. The number of carbonyl (C=O) groups is 1. The van der Waals surface area contributed by atoms with Crippen LogP contribution in [0.3, 0.4) is 0 Å². The Morgan fingerprint density at radius 2 is 2.53 bits per heavy atom. The normalized spacial score (nSPS) is 12.5. The molecule has 0 fully saturated rings. The first-order valence-electron chi connectivity index (χ1n) is 4.58. The van der Waals surface area contributed by atoms with Crippen LogP contribution in [-0.4, -0.2) is 30.6 Å². The minimum atomic E-state index is -0.571. The number of aromatic nitrogens is 1. The van der Waals surface area contributed by atoms with Gasteiger partial charge in [-0.2, -0.15) is 0 Å². The van der Waals surface area contributed by atoms with Crippen molar-refractivity contribution in [1.82, 2.24) is 10.3 Å². The van der Waals surface area contributed by atoms with Gasteiger partial charge in [-0.05, 0) is 6.92 Å². The van der Waals surface area contributed by atoms with Crippen molar-refractivity contribution in [2.24, 2.45) is 5.73 Å². The number of ether oxygens (including phenoxy) is 1. The van der Waals surface area contributed by atoms with Gasteiger partial charge in [-0.1, -0.05) is 0 Å². The maximum absolute atomic E-state index is 11.5. The van der Waals surface area contributed by atoms with Crippen molar-refractivity contribution in [2.75, 3.05) is 13.7 Å². The molecule has 1 atom stereocenters. The summed E-state index contributed by atoms with van der Waals surface area (Å²) in [4.78, 5) is 16.6. The summed E-state index contributed by atoms with van der Waals surface area (Å²) in [5, 5.41) is 2.75. The molecule has 0 bridgehead atoms. The Morgan fingerprint density at radius 1 is 1.80 bits per heavy atom. The number of nitrogens with one attached hydrogen (secondary N) is 1. The van der Waals surface area contributed by atoms with Crippen LogP contribution < -0.4 is 11.1 Å². The van der Waals surface area contributed by atoms with Gasteiger partial charge in [0.05, 0.1) is 17.7 Å². The Hall–Kier alpha value is -0.980. The first kappa shape index (κ1) is 12.1. The molecular weight excluding hydrogens is 214 g/mol. The molecule has 1 heterocycles. The highest BCUT2D eigenvalue weighted by molar-refractivity contribution is 7.09. The Kier molecular flexibility index (Phi) is 4.67. The lowest BCUT2D eigenvalue weighted by molar-refractivity contribution is -0.130. The number of nitrogens with two attached hydrogens (primary N) is 1. The SMILES string of the molecule is COC(CN)C(=O)NCc1scnc1C. The molecule has 1 aromatic rings. The molecule has 0 aliphatic heterocycles. The molecule has 1 rings (SSSR count). The van der Waals surface area contributed by atoms with E-state index in [0.717, 1.165) is 10.6 Å². The molecule has 0 spiro atoms. The van der Waals surface area contributed by atoms with Gasteiger partial charge >= 0.3 is 0 Å². The topological polar surface area (TPSA) is 77.2 Å². The van der Waals surface area contributed by atoms with Gasteiger partial charge in [0, 0.05) is 18.5 Å². The van der Waals surface area contributed by atoms with E-state index in [9.17, 15) is 4.79 Å². The van der Waals surface area contributed by atoms with Crippen molar-refractivity contribution in [1.29, 1.82) is 0 Å². The van der Waals surface area contributed by atoms with E-state index in [-0.39, 0.29) is 12.5 Å². The summed E-state index contributed by atoms with van der Waals surface area (Å²) in [6, 6.07) is 0. The molecule has 15 heavy (non-hydrogen) atoms. The second kappa shape index (κ2) is 5.79. The van der Waals surface area contributed by atoms with Crippen LogP contribution in [0, 0.1) is 6.92 Å². The fraction of sp³-hybridized carbons (Fsp3) is 0.556. The maximum atomic E-state index is 11.5. The van der Waals surface area contributed by atoms with Gasteiger partial charge in [-0.25, -0.2) is 4.98 Å². The molecule has 0 saturated carbocycles. The molecule has 1 unspecified atom stereocenters. The van der Waals surface area contributed by atoms with E-state index in [0.29, 0.717) is 6.54 Å². The number of carbonyl (C=O) groups excluding carboxylic acids is 1. The lowest BCUT2D eigenvalue weighted by Crippen LogP contribution is -2.40. The fourth-order valence-corrected chi connectivity index (χ4v) is 1.80. The molecule has 6 heteroatoms. The summed E-state index contributed by atoms with van der Waals surface area (Å²) < 4.78 is 4.91. The van der Waals surface area contributed by atoms with Crippen LogP contribution in [0.15, 0.2) is 5.51 Å². The second-order valence-corrected chi connectivity index (χ2v) is 3.98. The Bertz CT molecular complexity index is 323. The second-order valence-electron chi connectivity index (χ2n) is 3.04. The van der Waals surface area contributed by atoms with Gasteiger partial charge in [-0.3, -0.25) is 4.79 Å². The molecule has 5 nitrogen and oxygen atoms in total. The molecule has 0 aliphatic carbocycles. The number of hydrogen-bond donors (Lipinski definition) is 2. The summed E-state index contributed by atoms with van der Waals surface area (Å²) >= 11 is 1.52. The van der Waals surface area contributed by atoms with Crippen molar-refractivity contribution in [3.8, 4) is 0 Å². The lowest BCUT2D eigenvalue weighted by Gasteiger charge is -2.12. The Balaban J connectivity index is 2.43. The quantitative estimate of drug-likeness (QED) is 0.747. The van der Waals surface area contributed by atoms with Crippen molar-refractivity contribution < 1.29 is 9.53 Å². The van der Waals surface area contributed by atoms with Gasteiger partial charge in [0.15, 0.2) is 0 Å². The monoisotopic (exact) mass is 229 g/mol. The first-order valence-corrected chi connectivity index (χ1v) is 5.46. The average molecular weight is 229 g/mol. The zero-order valence-electron chi connectivity index (χ0n) is 8.82. The molecule has 0 aromatic carbocycles. The van der Waals surface area contributed by atoms with Crippen molar-refractivity contribution >= 4 is 17.2 Å². The number of hydrogen-bond acceptors (Lipinski definition) is 5. The highest BCUT2D eigenvalue weighted by Gasteiger charge is 2.15. The van der Waals surface area contributed by atoms with E-state index in [1.165, 1.54) is 18.4 Å². The summed E-state index contributed by atoms with van der Waals surface area (Å²) in [7, 11) is 1.47. The number of methoxy groups -OCH3 is 1. The van der Waals surface area contributed by atoms with Gasteiger partial charge in [0.1, 0.15) is 6.10 Å². The standard InChI is InChI=1S/C9H15N3O2S/c1-6-8(15-5-12-6)4-11-9(13)7(3-10)14-2/h5,7H,3-4,10H2,1-2H3,(H,11,13). The van der Waals surface area contributed by atoms with Gasteiger partial charge < -0.3 is 15.8 Å². The van der Waals surface area contributed by atoms with E-state index >= 15 is 0 Å². The zero-order chi connectivity index (χ0) is 11.3. The fourth-order valence-electron chi connectivity index (χ4n) is 1.09. The molecular formula is C9H15N3O2S. The third-order valence-corrected chi connectivity index (χ3v) is 2.99. The number of amides is 1. The predicted octanol–water partition coefficient (Wildman–Crippen LogP) is 0.0414. The van der Waals surface area contributed by atoms with Gasteiger partial charge in [0.25, 0.3) is 5.91 Å². The number of aryl methyl sites for hydroxylation is 1. The molecule has 0 aliphatic rings. The third kappa shape index (κ3) is 3.26. The molecule has 84 valence electrons. The minimum Gasteiger partial charge on any atom is -0.370 e. The molecule has 0 radical (unpaired) electrons. The number of nitrogens with zero attached hydrogens (tertiary/aromatic N) is 1. The number of thiazole rings is 1. The zero-order valence-corrected chi connectivity index (χ0v) is 9.63. The summed E-state index contributed by atoms with van der Waals surface area (Å²) in [6.07, 6.45) is -0.571. The minimum absolute atomic E-state index is 0.185. The smallest absolute Gasteiger partial charge is 0.250 e. The summed E-state index contributed by atoms with van der Waals surface area (Å²) in [6.45, 7) is 2.58. The van der Waals surface area contributed by atoms with Crippen molar-refractivity contribution in [2.45, 2.75) is 19.6 Å². The van der Waals surface area contributed by atoms with E-state index < -0.39 is 6.10 Å². The highest BCUT2D eigenvalue weighted by Crippen LogP contribution is 2.11. The molecule has 1 amide bonds. The maximum Gasteiger partial charge on any atom is 0.250 e. The van der Waals surface area contributed by atoms with Crippen LogP contribution in [0.4, 0.5) is 0 Å². The lowest BCUT2D eigenvalue weighted by atomic mass is 10.3. The van der Waals surface area contributed by atoms with E-state index in [1.807, 2.05) is 6.92 Å². The average Bonchev–Trinajstić information content (AvgIpc) is 2.63. The van der Waals surface area contributed by atoms with E-state index in [1.54, 1.807) is 5.51 Å². The van der Waals surface area contributed by atoms with Crippen LogP contribution in [0.25, 0.3) is 0 Å². The van der Waals surface area contributed by atoms with E-state index in [4.69, 9.17) is 10.5 Å². The van der Waals surface area contributed by atoms with Crippen LogP contribution in [0.2, 0.25) is 0 Å². The van der Waals surface area contributed by atoms with Crippen LogP contribution in [0.5, 0.6) is 0 Å². The van der Waals surface area contributed by atoms with Crippen molar-refractivity contribution in [3.05, 3.63) is 16.1 Å². The third-order valence-electron chi connectivity index (χ3n) is 2.06. The molecule has 1 aromatic heterocycles. The van der Waals surface area contributed by atoms with Crippen LogP contribution in [-0.2, 0) is 16.1 Å². The first-order chi connectivity index (χ1) is 7.19. The van der Waals surface area contributed by atoms with Gasteiger partial charge in [-0.15, -0.1) is 11.3 Å². The molecule has 3 N–H and O–H groups in total. The predicted molar refractivity (Wildman–Crippen MR) is 58.5 cm³/mol. The van der Waals surface area contributed by atoms with Gasteiger partial charge in [0.2, 0.25) is 0 Å². The summed E-state index contributed by atoms with van der Waals surface area (Å²) in [5.41, 5.74) is 8.07. The largest absolute Gasteiger partial charge is 0.370 e. The van der Waals surface area contributed by atoms with Crippen molar-refractivity contribution in [3.63, 3.8) is 0 Å². The molecule has 0 saturated heterocycles. The Labute approximate surface area is 92.6 Å². The van der Waals surface area contributed by atoms with E-state index in [2.05, 4.69) is 10.3 Å². The van der Waals surface area contributed by atoms with Crippen LogP contribution in [0.1, 0.15) is 10.6 Å². The van der Waals surface area contributed by atoms with Crippen LogP contribution >= 0.6 is 11.3 Å². The summed E-state index contributed by atoms with van der Waals surface area (Å²) in [5.74, 6) is -0.187. The highest BCUT2D eigenvalue weighted by atomic mass is 32.1. The number of rotatable bonds is 5.